The number of nitro benzene ring substituents is 1. The van der Waals surface area contributed by atoms with E-state index in [4.69, 9.17) is 0 Å². The van der Waals surface area contributed by atoms with Crippen molar-refractivity contribution in [2.45, 2.75) is 27.3 Å². The van der Waals surface area contributed by atoms with Crippen LogP contribution in [0.1, 0.15) is 22.3 Å². The Balaban J connectivity index is 2.21. The molecule has 1 N–H and O–H groups in total. The van der Waals surface area contributed by atoms with Crippen LogP contribution in [-0.2, 0) is 6.54 Å². The zero-order valence-electron chi connectivity index (χ0n) is 11.9. The SMILES string of the molecule is Cc1cccc(CNc2cccc([N+](=O)[O-])c2C)c1C. The number of hydrogen-bond acceptors (Lipinski definition) is 3. The first-order valence-corrected chi connectivity index (χ1v) is 6.53. The molecule has 0 bridgehead atoms. The van der Waals surface area contributed by atoms with Crippen LogP contribution in [0.2, 0.25) is 0 Å². The second-order valence-corrected chi connectivity index (χ2v) is 4.92. The van der Waals surface area contributed by atoms with Gasteiger partial charge in [0, 0.05) is 23.9 Å². The van der Waals surface area contributed by atoms with Crippen LogP contribution < -0.4 is 5.32 Å². The van der Waals surface area contributed by atoms with Crippen LogP contribution >= 0.6 is 0 Å². The van der Waals surface area contributed by atoms with Crippen molar-refractivity contribution in [3.63, 3.8) is 0 Å². The number of aryl methyl sites for hydroxylation is 1. The summed E-state index contributed by atoms with van der Waals surface area (Å²) in [5, 5.41) is 14.2. The van der Waals surface area contributed by atoms with Crippen LogP contribution in [0.4, 0.5) is 11.4 Å². The Morgan fingerprint density at radius 1 is 1.05 bits per heavy atom. The molecule has 4 heteroatoms. The third-order valence-electron chi connectivity index (χ3n) is 3.69. The Morgan fingerprint density at radius 3 is 2.45 bits per heavy atom. The first-order valence-electron chi connectivity index (χ1n) is 6.53. The van der Waals surface area contributed by atoms with Crippen molar-refractivity contribution >= 4 is 11.4 Å². The van der Waals surface area contributed by atoms with E-state index in [1.54, 1.807) is 13.0 Å². The summed E-state index contributed by atoms with van der Waals surface area (Å²) in [5.74, 6) is 0. The molecule has 0 aliphatic carbocycles. The summed E-state index contributed by atoms with van der Waals surface area (Å²) in [4.78, 5) is 10.6. The number of hydrogen-bond donors (Lipinski definition) is 1. The van der Waals surface area contributed by atoms with E-state index in [0.717, 1.165) is 5.69 Å². The molecule has 0 aromatic heterocycles. The van der Waals surface area contributed by atoms with Crippen molar-refractivity contribution < 1.29 is 4.92 Å². The Labute approximate surface area is 118 Å². The van der Waals surface area contributed by atoms with Crippen molar-refractivity contribution in [2.75, 3.05) is 5.32 Å². The number of rotatable bonds is 4. The van der Waals surface area contributed by atoms with Gasteiger partial charge in [-0.05, 0) is 43.5 Å². The lowest BCUT2D eigenvalue weighted by Crippen LogP contribution is -2.04. The van der Waals surface area contributed by atoms with Crippen LogP contribution in [0.25, 0.3) is 0 Å². The van der Waals surface area contributed by atoms with Gasteiger partial charge in [-0.25, -0.2) is 0 Å². The maximum absolute atomic E-state index is 10.9. The van der Waals surface area contributed by atoms with Gasteiger partial charge in [0.25, 0.3) is 5.69 Å². The molecule has 0 unspecified atom stereocenters. The van der Waals surface area contributed by atoms with Gasteiger partial charge in [-0.2, -0.15) is 0 Å². The monoisotopic (exact) mass is 270 g/mol. The highest BCUT2D eigenvalue weighted by molar-refractivity contribution is 5.60. The molecule has 0 heterocycles. The van der Waals surface area contributed by atoms with Crippen molar-refractivity contribution in [1.82, 2.24) is 0 Å². The van der Waals surface area contributed by atoms with Crippen LogP contribution in [0, 0.1) is 30.9 Å². The van der Waals surface area contributed by atoms with E-state index in [1.807, 2.05) is 12.1 Å². The maximum atomic E-state index is 10.9. The minimum absolute atomic E-state index is 0.149. The van der Waals surface area contributed by atoms with E-state index in [1.165, 1.54) is 22.8 Å². The molecule has 0 fully saturated rings. The quantitative estimate of drug-likeness (QED) is 0.671. The van der Waals surface area contributed by atoms with E-state index >= 15 is 0 Å². The van der Waals surface area contributed by atoms with Gasteiger partial charge in [-0.15, -0.1) is 0 Å². The Kier molecular flexibility index (Phi) is 4.03. The standard InChI is InChI=1S/C16H18N2O2/c1-11-6-4-7-14(12(11)2)10-17-15-8-5-9-16(13(15)3)18(19)20/h4-9,17H,10H2,1-3H3. The first-order chi connectivity index (χ1) is 9.50. The van der Waals surface area contributed by atoms with Gasteiger partial charge in [0.05, 0.1) is 4.92 Å². The zero-order valence-corrected chi connectivity index (χ0v) is 11.9. The van der Waals surface area contributed by atoms with Crippen molar-refractivity contribution in [3.8, 4) is 0 Å². The Morgan fingerprint density at radius 2 is 1.75 bits per heavy atom. The smallest absolute Gasteiger partial charge is 0.274 e. The molecule has 0 radical (unpaired) electrons. The number of nitro groups is 1. The zero-order chi connectivity index (χ0) is 14.7. The number of nitrogens with one attached hydrogen (secondary N) is 1. The average Bonchev–Trinajstić information content (AvgIpc) is 2.41. The van der Waals surface area contributed by atoms with Crippen LogP contribution in [-0.4, -0.2) is 4.92 Å². The topological polar surface area (TPSA) is 55.2 Å². The Hall–Kier alpha value is -2.36. The summed E-state index contributed by atoms with van der Waals surface area (Å²) in [7, 11) is 0. The fourth-order valence-electron chi connectivity index (χ4n) is 2.21. The summed E-state index contributed by atoms with van der Waals surface area (Å²) in [5.41, 5.74) is 5.33. The van der Waals surface area contributed by atoms with Crippen molar-refractivity contribution in [3.05, 3.63) is 68.8 Å². The lowest BCUT2D eigenvalue weighted by Gasteiger charge is -2.12. The largest absolute Gasteiger partial charge is 0.381 e. The molecule has 4 nitrogen and oxygen atoms in total. The lowest BCUT2D eigenvalue weighted by atomic mass is 10.0. The summed E-state index contributed by atoms with van der Waals surface area (Å²) >= 11 is 0. The number of benzene rings is 2. The molecule has 104 valence electrons. The summed E-state index contributed by atoms with van der Waals surface area (Å²) in [6.07, 6.45) is 0. The molecular weight excluding hydrogens is 252 g/mol. The molecule has 0 spiro atoms. The maximum Gasteiger partial charge on any atom is 0.274 e. The lowest BCUT2D eigenvalue weighted by molar-refractivity contribution is -0.385. The summed E-state index contributed by atoms with van der Waals surface area (Å²) < 4.78 is 0. The predicted molar refractivity (Wildman–Crippen MR) is 81.1 cm³/mol. The molecule has 0 amide bonds. The van der Waals surface area contributed by atoms with Gasteiger partial charge in [0.1, 0.15) is 0 Å². The van der Waals surface area contributed by atoms with E-state index in [9.17, 15) is 10.1 Å². The second kappa shape index (κ2) is 5.74. The van der Waals surface area contributed by atoms with Crippen molar-refractivity contribution in [2.24, 2.45) is 0 Å². The van der Waals surface area contributed by atoms with E-state index in [-0.39, 0.29) is 10.6 Å². The molecule has 2 aromatic rings. The van der Waals surface area contributed by atoms with Gasteiger partial charge in [0.2, 0.25) is 0 Å². The van der Waals surface area contributed by atoms with Crippen molar-refractivity contribution in [1.29, 1.82) is 0 Å². The molecule has 2 aromatic carbocycles. The molecule has 0 atom stereocenters. The molecule has 2 rings (SSSR count). The van der Waals surface area contributed by atoms with E-state index < -0.39 is 0 Å². The first kappa shape index (κ1) is 14.1. The highest BCUT2D eigenvalue weighted by Gasteiger charge is 2.13. The number of nitrogens with zero attached hydrogens (tertiary/aromatic N) is 1. The third-order valence-corrected chi connectivity index (χ3v) is 3.69. The van der Waals surface area contributed by atoms with Crippen LogP contribution in [0.5, 0.6) is 0 Å². The fourth-order valence-corrected chi connectivity index (χ4v) is 2.21. The molecule has 0 aliphatic rings. The number of anilines is 1. The fraction of sp³-hybridized carbons (Fsp3) is 0.250. The molecule has 20 heavy (non-hydrogen) atoms. The van der Waals surface area contributed by atoms with Crippen LogP contribution in [0.15, 0.2) is 36.4 Å². The normalized spacial score (nSPS) is 10.3. The molecule has 0 saturated carbocycles. The molecule has 0 aliphatic heterocycles. The van der Waals surface area contributed by atoms with Gasteiger partial charge < -0.3 is 5.32 Å². The van der Waals surface area contributed by atoms with Gasteiger partial charge >= 0.3 is 0 Å². The highest BCUT2D eigenvalue weighted by atomic mass is 16.6. The average molecular weight is 270 g/mol. The summed E-state index contributed by atoms with van der Waals surface area (Å²) in [6.45, 7) is 6.60. The molecule has 0 saturated heterocycles. The van der Waals surface area contributed by atoms with Gasteiger partial charge in [-0.3, -0.25) is 10.1 Å². The predicted octanol–water partition coefficient (Wildman–Crippen LogP) is 4.13. The van der Waals surface area contributed by atoms with Gasteiger partial charge in [-0.1, -0.05) is 24.3 Å². The van der Waals surface area contributed by atoms with Gasteiger partial charge in [0.15, 0.2) is 0 Å². The highest BCUT2D eigenvalue weighted by Crippen LogP contribution is 2.25. The Bertz CT molecular complexity index is 651. The summed E-state index contributed by atoms with van der Waals surface area (Å²) in [6, 6.07) is 11.3. The van der Waals surface area contributed by atoms with E-state index in [0.29, 0.717) is 12.1 Å². The minimum atomic E-state index is -0.349. The van der Waals surface area contributed by atoms with E-state index in [2.05, 4.69) is 31.3 Å². The third kappa shape index (κ3) is 2.79. The molecular formula is C16H18N2O2. The van der Waals surface area contributed by atoms with Crippen LogP contribution in [0.3, 0.4) is 0 Å². The minimum Gasteiger partial charge on any atom is -0.381 e. The second-order valence-electron chi connectivity index (χ2n) is 4.92.